The molecule has 0 aromatic carbocycles. The van der Waals surface area contributed by atoms with Gasteiger partial charge in [-0.25, -0.2) is 0 Å². The number of hydrogen-bond donors (Lipinski definition) is 3. The molecule has 7 atom stereocenters. The third kappa shape index (κ3) is 1.36. The molecule has 0 bridgehead atoms. The average Bonchev–Trinajstić information content (AvgIpc) is 2.89. The van der Waals surface area contributed by atoms with Gasteiger partial charge in [-0.1, -0.05) is 27.7 Å². The van der Waals surface area contributed by atoms with E-state index >= 15 is 0 Å². The number of aliphatic hydroxyl groups excluding tert-OH is 2. The highest BCUT2D eigenvalue weighted by Gasteiger charge is 2.71. The summed E-state index contributed by atoms with van der Waals surface area (Å²) in [5.74, 6) is 0.339. The van der Waals surface area contributed by atoms with Crippen LogP contribution in [-0.4, -0.2) is 33.1 Å². The van der Waals surface area contributed by atoms with E-state index in [0.29, 0.717) is 18.8 Å². The van der Waals surface area contributed by atoms with Gasteiger partial charge in [0, 0.05) is 5.92 Å². The van der Waals surface area contributed by atoms with Crippen LogP contribution in [0.1, 0.15) is 47.0 Å². The highest BCUT2D eigenvalue weighted by molar-refractivity contribution is 5.21. The van der Waals surface area contributed by atoms with Crippen molar-refractivity contribution in [2.24, 2.45) is 28.6 Å². The Bertz CT molecular complexity index is 380. The lowest BCUT2D eigenvalue weighted by molar-refractivity contribution is -0.0946. The summed E-state index contributed by atoms with van der Waals surface area (Å²) in [5.41, 5.74) is -1.07. The number of hydrogen-bond acceptors (Lipinski definition) is 3. The van der Waals surface area contributed by atoms with Gasteiger partial charge in [0.05, 0.1) is 17.8 Å². The van der Waals surface area contributed by atoms with Crippen molar-refractivity contribution in [1.29, 1.82) is 0 Å². The maximum atomic E-state index is 11.2. The highest BCUT2D eigenvalue weighted by atomic mass is 16.3. The molecule has 18 heavy (non-hydrogen) atoms. The lowest BCUT2D eigenvalue weighted by atomic mass is 9.69. The van der Waals surface area contributed by atoms with Crippen molar-refractivity contribution in [2.75, 3.05) is 0 Å². The van der Waals surface area contributed by atoms with Crippen LogP contribution in [0.5, 0.6) is 0 Å². The van der Waals surface area contributed by atoms with Crippen LogP contribution in [-0.2, 0) is 0 Å². The van der Waals surface area contributed by atoms with Gasteiger partial charge in [-0.15, -0.1) is 0 Å². The van der Waals surface area contributed by atoms with E-state index in [1.54, 1.807) is 0 Å². The quantitative estimate of drug-likeness (QED) is 0.614. The largest absolute Gasteiger partial charge is 0.393 e. The predicted octanol–water partition coefficient (Wildman–Crippen LogP) is 1.55. The van der Waals surface area contributed by atoms with Crippen LogP contribution < -0.4 is 0 Å². The molecule has 3 heteroatoms. The standard InChI is InChI=1S/C15H26O3/c1-8-10(16)5-11-14(4)6-9(14)12(17)13(2,3)7-15(8,11)18/h8-12,16-18H,5-7H2,1-4H3/t8-,9-,10-,11+,12-,14-,15-/m1/s1. The topological polar surface area (TPSA) is 60.7 Å². The molecule has 3 aliphatic rings. The number of rotatable bonds is 0. The van der Waals surface area contributed by atoms with Gasteiger partial charge in [0.2, 0.25) is 0 Å². The molecule has 3 fully saturated rings. The van der Waals surface area contributed by atoms with Gasteiger partial charge in [0.1, 0.15) is 0 Å². The van der Waals surface area contributed by atoms with Gasteiger partial charge in [-0.2, -0.15) is 0 Å². The Balaban J connectivity index is 2.06. The normalized spacial score (nSPS) is 61.8. The van der Waals surface area contributed by atoms with Crippen molar-refractivity contribution in [3.63, 3.8) is 0 Å². The Morgan fingerprint density at radius 3 is 2.33 bits per heavy atom. The minimum atomic E-state index is -0.816. The first-order valence-corrected chi connectivity index (χ1v) is 7.21. The van der Waals surface area contributed by atoms with Crippen LogP contribution in [0, 0.1) is 28.6 Å². The molecule has 0 amide bonds. The van der Waals surface area contributed by atoms with Gasteiger partial charge in [0.15, 0.2) is 0 Å². The summed E-state index contributed by atoms with van der Waals surface area (Å²) in [6, 6.07) is 0. The van der Waals surface area contributed by atoms with E-state index in [9.17, 15) is 15.3 Å². The van der Waals surface area contributed by atoms with E-state index < -0.39 is 11.7 Å². The molecule has 0 aliphatic heterocycles. The van der Waals surface area contributed by atoms with Crippen LogP contribution in [0.25, 0.3) is 0 Å². The molecule has 0 spiro atoms. The summed E-state index contributed by atoms with van der Waals surface area (Å²) < 4.78 is 0. The monoisotopic (exact) mass is 254 g/mol. The Kier molecular flexibility index (Phi) is 2.37. The molecule has 0 heterocycles. The molecule has 3 aliphatic carbocycles. The fourth-order valence-electron chi connectivity index (χ4n) is 5.09. The lowest BCUT2D eigenvalue weighted by Gasteiger charge is -2.41. The van der Waals surface area contributed by atoms with Crippen molar-refractivity contribution in [2.45, 2.75) is 64.8 Å². The molecule has 3 nitrogen and oxygen atoms in total. The molecular weight excluding hydrogens is 228 g/mol. The number of aliphatic hydroxyl groups is 3. The molecule has 3 rings (SSSR count). The van der Waals surface area contributed by atoms with E-state index in [1.807, 2.05) is 20.8 Å². The van der Waals surface area contributed by atoms with E-state index in [-0.39, 0.29) is 28.8 Å². The molecule has 104 valence electrons. The fourth-order valence-corrected chi connectivity index (χ4v) is 5.09. The first-order chi connectivity index (χ1) is 8.13. The van der Waals surface area contributed by atoms with Crippen molar-refractivity contribution in [1.82, 2.24) is 0 Å². The van der Waals surface area contributed by atoms with Crippen molar-refractivity contribution in [3.8, 4) is 0 Å². The Morgan fingerprint density at radius 2 is 1.72 bits per heavy atom. The van der Waals surface area contributed by atoms with Crippen LogP contribution in [0.3, 0.4) is 0 Å². The van der Waals surface area contributed by atoms with Crippen LogP contribution in [0.15, 0.2) is 0 Å². The van der Waals surface area contributed by atoms with E-state index in [0.717, 1.165) is 6.42 Å². The molecular formula is C15H26O3. The summed E-state index contributed by atoms with van der Waals surface area (Å²) >= 11 is 0. The molecule has 0 radical (unpaired) electrons. The summed E-state index contributed by atoms with van der Waals surface area (Å²) in [6.07, 6.45) is 1.54. The zero-order valence-electron chi connectivity index (χ0n) is 11.8. The minimum Gasteiger partial charge on any atom is -0.393 e. The lowest BCUT2D eigenvalue weighted by Crippen LogP contribution is -2.46. The molecule has 3 N–H and O–H groups in total. The number of fused-ring (bicyclic) bond motifs is 3. The average molecular weight is 254 g/mol. The second-order valence-electron chi connectivity index (χ2n) is 8.06. The summed E-state index contributed by atoms with van der Waals surface area (Å²) in [4.78, 5) is 0. The van der Waals surface area contributed by atoms with E-state index in [2.05, 4.69) is 6.92 Å². The van der Waals surface area contributed by atoms with Crippen LogP contribution in [0.2, 0.25) is 0 Å². The van der Waals surface area contributed by atoms with Crippen molar-refractivity contribution < 1.29 is 15.3 Å². The third-order valence-electron chi connectivity index (χ3n) is 6.51. The van der Waals surface area contributed by atoms with Crippen molar-refractivity contribution >= 4 is 0 Å². The maximum absolute atomic E-state index is 11.2. The highest BCUT2D eigenvalue weighted by Crippen LogP contribution is 2.71. The van der Waals surface area contributed by atoms with E-state index in [4.69, 9.17) is 0 Å². The summed E-state index contributed by atoms with van der Waals surface area (Å²) in [5, 5.41) is 31.9. The van der Waals surface area contributed by atoms with Crippen molar-refractivity contribution in [3.05, 3.63) is 0 Å². The van der Waals surface area contributed by atoms with Crippen LogP contribution >= 0.6 is 0 Å². The second kappa shape index (κ2) is 3.31. The SMILES string of the molecule is C[C@@H]1[C@H](O)C[C@H]2[C@]3(C)C[C@@H]3[C@@H](O)C(C)(C)C[C@@]12O. The zero-order chi connectivity index (χ0) is 13.5. The Labute approximate surface area is 109 Å². The van der Waals surface area contributed by atoms with Gasteiger partial charge in [-0.05, 0) is 41.9 Å². The van der Waals surface area contributed by atoms with Gasteiger partial charge >= 0.3 is 0 Å². The minimum absolute atomic E-state index is 0.0215. The van der Waals surface area contributed by atoms with Crippen LogP contribution in [0.4, 0.5) is 0 Å². The molecule has 0 aromatic rings. The molecule has 0 saturated heterocycles. The van der Waals surface area contributed by atoms with E-state index in [1.165, 1.54) is 0 Å². The molecule has 0 unspecified atom stereocenters. The summed E-state index contributed by atoms with van der Waals surface area (Å²) in [7, 11) is 0. The van der Waals surface area contributed by atoms with Gasteiger partial charge < -0.3 is 15.3 Å². The zero-order valence-corrected chi connectivity index (χ0v) is 11.8. The third-order valence-corrected chi connectivity index (χ3v) is 6.51. The first kappa shape index (κ1) is 12.9. The second-order valence-corrected chi connectivity index (χ2v) is 8.06. The molecule has 0 aromatic heterocycles. The fraction of sp³-hybridized carbons (Fsp3) is 1.00. The predicted molar refractivity (Wildman–Crippen MR) is 68.8 cm³/mol. The Hall–Kier alpha value is -0.120. The first-order valence-electron chi connectivity index (χ1n) is 7.21. The summed E-state index contributed by atoms with van der Waals surface area (Å²) in [6.45, 7) is 8.24. The smallest absolute Gasteiger partial charge is 0.0738 e. The molecule has 3 saturated carbocycles. The maximum Gasteiger partial charge on any atom is 0.0738 e. The van der Waals surface area contributed by atoms with Gasteiger partial charge in [-0.3, -0.25) is 0 Å². The van der Waals surface area contributed by atoms with Gasteiger partial charge in [0.25, 0.3) is 0 Å². The Morgan fingerprint density at radius 1 is 1.11 bits per heavy atom.